The summed E-state index contributed by atoms with van der Waals surface area (Å²) in [5.41, 5.74) is 12.4. The van der Waals surface area contributed by atoms with Gasteiger partial charge in [0.05, 0.1) is 186 Å². The number of aliphatic hydroxyl groups is 2. The Kier molecular flexibility index (Phi) is 37.7. The Morgan fingerprint density at radius 3 is 0.791 bits per heavy atom. The van der Waals surface area contributed by atoms with Gasteiger partial charge in [-0.25, -0.2) is 0 Å². The van der Waals surface area contributed by atoms with Gasteiger partial charge >= 0.3 is 0 Å². The largest absolute Gasteiger partial charge is 0.493 e. The number of carbonyl (C=O) groups is 6. The highest BCUT2D eigenvalue weighted by Crippen LogP contribution is 2.47. The van der Waals surface area contributed by atoms with Crippen molar-refractivity contribution in [1.29, 1.82) is 0 Å². The van der Waals surface area contributed by atoms with Crippen LogP contribution < -0.4 is 78.1 Å². The van der Waals surface area contributed by atoms with E-state index < -0.39 is 33.1 Å². The zero-order valence-corrected chi connectivity index (χ0v) is 81.7. The first-order valence-corrected chi connectivity index (χ1v) is 46.6. The lowest BCUT2D eigenvalue weighted by atomic mass is 10.1. The first-order chi connectivity index (χ1) is 64.7. The summed E-state index contributed by atoms with van der Waals surface area (Å²) in [7, 11) is 9.23. The number of methoxy groups -OCH3 is 6. The molecule has 6 fully saturated rings. The van der Waals surface area contributed by atoms with Crippen LogP contribution in [-0.2, 0) is 0 Å². The molecule has 12 aliphatic rings. The second-order valence-corrected chi connectivity index (χ2v) is 38.2. The van der Waals surface area contributed by atoms with Crippen LogP contribution in [0.4, 0.5) is 34.1 Å². The molecule has 752 valence electrons. The highest BCUT2D eigenvalue weighted by Gasteiger charge is 2.46. The van der Waals surface area contributed by atoms with E-state index in [1.54, 1.807) is 121 Å². The molecule has 6 aromatic rings. The van der Waals surface area contributed by atoms with E-state index in [1.807, 2.05) is 21.9 Å². The average molecular weight is 2040 g/mol. The van der Waals surface area contributed by atoms with Crippen LogP contribution in [0.15, 0.2) is 156 Å². The van der Waals surface area contributed by atoms with Crippen LogP contribution >= 0.6 is 69.6 Å². The van der Waals surface area contributed by atoms with Gasteiger partial charge in [-0.05, 0) is 88.8 Å². The lowest BCUT2D eigenvalue weighted by Crippen LogP contribution is -2.43. The maximum absolute atomic E-state index is 13.4. The molecule has 0 aliphatic carbocycles. The fourth-order valence-electron chi connectivity index (χ4n) is 18.5. The molecule has 4 unspecified atom stereocenters. The molecule has 10 atom stereocenters. The molecule has 12 heterocycles. The van der Waals surface area contributed by atoms with E-state index in [-0.39, 0.29) is 111 Å². The van der Waals surface area contributed by atoms with Crippen LogP contribution in [0, 0.1) is 0 Å². The Morgan fingerprint density at radius 2 is 0.532 bits per heavy atom. The van der Waals surface area contributed by atoms with E-state index in [0.717, 1.165) is 70.5 Å². The molecular weight excluding hydrogens is 1920 g/mol. The summed E-state index contributed by atoms with van der Waals surface area (Å²) < 4.78 is 68.0. The topological polar surface area (TPSA) is 409 Å². The van der Waals surface area contributed by atoms with Crippen molar-refractivity contribution >= 4 is 152 Å². The molecule has 6 aromatic carbocycles. The lowest BCUT2D eigenvalue weighted by molar-refractivity contribution is 0.0578. The van der Waals surface area contributed by atoms with Gasteiger partial charge in [-0.2, -0.15) is 0 Å². The molecule has 0 spiro atoms. The van der Waals surface area contributed by atoms with Crippen LogP contribution in [0.5, 0.6) is 69.0 Å². The fourth-order valence-corrected chi connectivity index (χ4v) is 18.5. The smallest absolute Gasteiger partial charge is 0.257 e. The van der Waals surface area contributed by atoms with Gasteiger partial charge in [-0.1, -0.05) is 157 Å². The van der Waals surface area contributed by atoms with E-state index in [9.17, 15) is 39.0 Å². The molecule has 34 nitrogen and oxygen atoms in total. The van der Waals surface area contributed by atoms with Crippen LogP contribution in [0.2, 0.25) is 0 Å². The average Bonchev–Trinajstić information content (AvgIpc) is 1.54. The molecule has 0 bridgehead atoms. The second-order valence-electron chi connectivity index (χ2n) is 34.2. The number of nitrogens with one attached hydrogen (secondary N) is 4. The molecule has 0 saturated carbocycles. The van der Waals surface area contributed by atoms with E-state index in [2.05, 4.69) is 84.6 Å². The van der Waals surface area contributed by atoms with Crippen LogP contribution in [0.1, 0.15) is 149 Å². The molecule has 10 N–H and O–H groups in total. The van der Waals surface area contributed by atoms with Gasteiger partial charge in [-0.15, -0.1) is 0 Å². The van der Waals surface area contributed by atoms with Crippen molar-refractivity contribution < 1.29 is 107 Å². The Hall–Kier alpha value is -11.7. The normalized spacial score (nSPS) is 21.6. The molecule has 0 radical (unpaired) electrons. The Balaban J connectivity index is 0.000000204. The van der Waals surface area contributed by atoms with Gasteiger partial charge < -0.3 is 129 Å². The minimum atomic E-state index is -0.947. The molecule has 18 rings (SSSR count). The van der Waals surface area contributed by atoms with Gasteiger partial charge in [0.25, 0.3) is 35.4 Å². The number of fused-ring (bicyclic) bond motifs is 12. The number of alkyl halides is 6. The molecular formula is C99H122Cl6N12O22. The van der Waals surface area contributed by atoms with E-state index in [4.69, 9.17) is 126 Å². The number of halogens is 6. The third-order valence-electron chi connectivity index (χ3n) is 24.9. The number of benzene rings is 6. The third-order valence-corrected chi connectivity index (χ3v) is 24.9. The summed E-state index contributed by atoms with van der Waals surface area (Å²) in [4.78, 5) is 99.4. The molecule has 139 heavy (non-hydrogen) atoms. The Labute approximate surface area is 839 Å². The van der Waals surface area contributed by atoms with Crippen LogP contribution in [0.3, 0.4) is 0 Å². The predicted octanol–water partition coefficient (Wildman–Crippen LogP) is 15.4. The zero-order valence-electron chi connectivity index (χ0n) is 77.2. The predicted molar refractivity (Wildman–Crippen MR) is 541 cm³/mol. The fraction of sp³-hybridized carbons (Fsp3) is 0.434. The molecule has 0 aromatic heterocycles. The summed E-state index contributed by atoms with van der Waals surface area (Å²) in [6, 6.07) is 20.0. The highest BCUT2D eigenvalue weighted by atomic mass is 35.6. The maximum atomic E-state index is 13.4. The first kappa shape index (κ1) is 109. The maximum Gasteiger partial charge on any atom is 0.257 e. The zero-order chi connectivity index (χ0) is 96.7. The van der Waals surface area contributed by atoms with Crippen molar-refractivity contribution in [1.82, 2.24) is 29.4 Å². The number of hydrogen-bond donors (Lipinski definition) is 6. The molecule has 6 amide bonds. The van der Waals surface area contributed by atoms with Gasteiger partial charge in [0.1, 0.15) is 12.5 Å². The van der Waals surface area contributed by atoms with Crippen LogP contribution in [0.25, 0.3) is 0 Å². The number of hydrogen-bond acceptors (Lipinski definition) is 26. The van der Waals surface area contributed by atoms with E-state index >= 15 is 0 Å². The number of anilines is 4. The van der Waals surface area contributed by atoms with Crippen molar-refractivity contribution in [2.75, 3.05) is 143 Å². The third kappa shape index (κ3) is 24.5. The number of nitrogens with zero attached hydrogens (tertiary/aromatic N) is 8. The summed E-state index contributed by atoms with van der Waals surface area (Å²) in [6.45, 7) is 33.3. The summed E-state index contributed by atoms with van der Waals surface area (Å²) >= 11 is 28.8. The van der Waals surface area contributed by atoms with Crippen LogP contribution in [-0.4, -0.2) is 289 Å². The number of carbonyl (C=O) groups excluding carboxylic acids is 6. The molecule has 6 saturated heterocycles. The number of aliphatic hydroxyl groups excluding tert-OH is 2. The van der Waals surface area contributed by atoms with E-state index in [1.165, 1.54) is 14.2 Å². The van der Waals surface area contributed by atoms with Crippen molar-refractivity contribution in [2.24, 2.45) is 9.98 Å². The monoisotopic (exact) mass is 2040 g/mol. The van der Waals surface area contributed by atoms with Gasteiger partial charge in [0.15, 0.2) is 77.6 Å². The Morgan fingerprint density at radius 1 is 0.324 bits per heavy atom. The van der Waals surface area contributed by atoms with Gasteiger partial charge in [0.2, 0.25) is 0 Å². The number of aliphatic imine (C=N–C) groups is 2. The first-order valence-electron chi connectivity index (χ1n) is 44.0. The molecule has 12 aliphatic heterocycles. The summed E-state index contributed by atoms with van der Waals surface area (Å²) in [5, 5.41) is 34.6. The summed E-state index contributed by atoms with van der Waals surface area (Å²) in [5.74, 6) is 5.03. The standard InChI is InChI=1S/C33H40N4O6.C31H36N4O8.C31H32N4O6.2CHCl3.2CH4.2H2O/c1-18-10-26-20(3)34-24-14-30(28(40-5)12-22(24)32(38)36(26)16-18)42-8-7-9-43-31-15-25-23(13-29(31)41-6)33(39)37-17-19(2)11-27(37)21(4)35-25;1-16-8-22-28(36)32-20-12-26(24(40-3)10-18(20)30(38)34(22)14-16)42-6-5-7-43-27-13-21-19(11-25(27)41-4)31(39)35-15-17(2)9-23(35)29(37)33-21;1-18-8-20-14-32-24-12-28(26(38-3)10-22(24)30(36)34(20)16-18)40-6-5-7-41-29-13-25-23(11-27(29)39-4)31(37)35-17-19(2)9-21(35)15-33-25;2*2-1(3)4;;;;/h12-15,20-21,26-27,34-35H,1-2,7-11,16-17H2,3-6H3;10-13,22-23,28-29,32-33,36-37H,1-2,5-9,14-15H2,3-4H3;10-15,20-21H,1-2,5-9,16-17H2,3-4H3;2*1H;2*1H4;2*1H2/t20?,21?,26-,27-;22-,23-,28?,29?;20-,21-;;;;;;/m000....../s1. The number of amides is 6. The number of rotatable bonds is 24. The van der Waals surface area contributed by atoms with Crippen molar-refractivity contribution in [3.05, 3.63) is 179 Å². The van der Waals surface area contributed by atoms with Crippen molar-refractivity contribution in [3.8, 4) is 69.0 Å². The second kappa shape index (κ2) is 48.0. The van der Waals surface area contributed by atoms with E-state index in [0.29, 0.717) is 223 Å². The SMILES string of the molecule is C.C.C=C1C[C@H]2C(C)Nc3cc(OCCCOc4cc5c(cc4OC)C(=O)N4CC(=C)C[C@H]4C(C)N5)c(OC)cc3C(=O)N2C1.C=C1C[C@H]2C(O)Nc3cc(OCCCOc4cc5c(cc4OC)C(=O)N4CC(=C)C[C@H]4C(O)N5)c(OC)cc3C(=O)N2C1.C=C1C[C@H]2C=Nc3cc(OCCCOc4cc5c(cc4OC)C(=O)N4CC(=C)C[C@H]4C=N5)c(OC)cc3C(=O)N2C1.ClC(Cl)Cl.ClC(Cl)Cl.O.O. The number of ether oxygens (including phenoxy) is 12. The van der Waals surface area contributed by atoms with Crippen molar-refractivity contribution in [3.63, 3.8) is 0 Å². The Bertz CT molecular complexity index is 5140. The molecule has 40 heteroatoms. The summed E-state index contributed by atoms with van der Waals surface area (Å²) in [6.07, 6.45) is 7.44. The van der Waals surface area contributed by atoms with Crippen molar-refractivity contribution in [2.45, 2.75) is 156 Å². The quantitative estimate of drug-likeness (QED) is 0.0186. The minimum absolute atomic E-state index is 0. The van der Waals surface area contributed by atoms with Gasteiger partial charge in [0, 0.05) is 119 Å². The minimum Gasteiger partial charge on any atom is -0.493 e. The van der Waals surface area contributed by atoms with Gasteiger partial charge in [-0.3, -0.25) is 38.8 Å². The highest BCUT2D eigenvalue weighted by molar-refractivity contribution is 6.63. The lowest BCUT2D eigenvalue weighted by Gasteiger charge is -2.26.